The van der Waals surface area contributed by atoms with Gasteiger partial charge >= 0.3 is 0 Å². The lowest BCUT2D eigenvalue weighted by Crippen LogP contribution is -2.39. The number of fused-ring (bicyclic) bond motifs is 2. The highest BCUT2D eigenvalue weighted by atomic mass is 16.5. The lowest BCUT2D eigenvalue weighted by molar-refractivity contribution is -0.127. The number of aromatic nitrogens is 6. The maximum absolute atomic E-state index is 12.1. The zero-order chi connectivity index (χ0) is 25.2. The summed E-state index contributed by atoms with van der Waals surface area (Å²) in [6, 6.07) is 7.99. The number of para-hydroxylation sites is 2. The second-order valence-corrected chi connectivity index (χ2v) is 9.48. The first-order chi connectivity index (χ1) is 18.2. The smallest absolute Gasteiger partial charge is 0.233 e. The third kappa shape index (κ3) is 4.94. The van der Waals surface area contributed by atoms with Crippen LogP contribution in [0.5, 0.6) is 0 Å². The number of aryl methyl sites for hydroxylation is 1. The zero-order valence-corrected chi connectivity index (χ0v) is 21.1. The molecule has 4 aromatic rings. The summed E-state index contributed by atoms with van der Waals surface area (Å²) in [6.07, 6.45) is 3.34. The number of benzene rings is 1. The van der Waals surface area contributed by atoms with Crippen molar-refractivity contribution >= 4 is 45.8 Å². The SMILES string of the molecule is Cn1c(Nc2nc(NCCN3CCOCC3)c3ncn(CCN4CCCC4=O)c3n2)nc2ccccc21. The Morgan fingerprint density at radius 3 is 2.70 bits per heavy atom. The Morgan fingerprint density at radius 2 is 1.89 bits per heavy atom. The van der Waals surface area contributed by atoms with Crippen LogP contribution in [0.1, 0.15) is 12.8 Å². The van der Waals surface area contributed by atoms with Crippen molar-refractivity contribution in [2.45, 2.75) is 19.4 Å². The predicted octanol–water partition coefficient (Wildman–Crippen LogP) is 1.82. The molecule has 2 saturated heterocycles. The van der Waals surface area contributed by atoms with E-state index in [0.717, 1.165) is 69.0 Å². The van der Waals surface area contributed by atoms with E-state index in [4.69, 9.17) is 19.7 Å². The molecule has 1 amide bonds. The normalized spacial score (nSPS) is 16.8. The van der Waals surface area contributed by atoms with E-state index in [1.54, 1.807) is 6.33 Å². The van der Waals surface area contributed by atoms with Gasteiger partial charge in [0.1, 0.15) is 0 Å². The molecule has 0 bridgehead atoms. The topological polar surface area (TPSA) is 118 Å². The van der Waals surface area contributed by atoms with Gasteiger partial charge in [-0.1, -0.05) is 12.1 Å². The molecule has 37 heavy (non-hydrogen) atoms. The first-order valence-corrected chi connectivity index (χ1v) is 12.9. The number of imidazole rings is 2. The summed E-state index contributed by atoms with van der Waals surface area (Å²) in [5.74, 6) is 2.00. The Kier molecular flexibility index (Phi) is 6.58. The highest BCUT2D eigenvalue weighted by Crippen LogP contribution is 2.25. The van der Waals surface area contributed by atoms with Gasteiger partial charge in [0.2, 0.25) is 17.8 Å². The predicted molar refractivity (Wildman–Crippen MR) is 141 cm³/mol. The molecule has 0 saturated carbocycles. The molecule has 5 heterocycles. The molecule has 0 aliphatic carbocycles. The molecule has 0 atom stereocenters. The van der Waals surface area contributed by atoms with Crippen LogP contribution in [0.3, 0.4) is 0 Å². The van der Waals surface area contributed by atoms with Gasteiger partial charge in [-0.3, -0.25) is 15.0 Å². The average molecular weight is 505 g/mol. The van der Waals surface area contributed by atoms with Gasteiger partial charge < -0.3 is 24.1 Å². The zero-order valence-electron chi connectivity index (χ0n) is 21.1. The van der Waals surface area contributed by atoms with Crippen LogP contribution in [0, 0.1) is 0 Å². The second-order valence-electron chi connectivity index (χ2n) is 9.48. The van der Waals surface area contributed by atoms with E-state index < -0.39 is 0 Å². The molecule has 0 unspecified atom stereocenters. The van der Waals surface area contributed by atoms with Crippen molar-refractivity contribution in [1.29, 1.82) is 0 Å². The van der Waals surface area contributed by atoms with Crippen LogP contribution in [0.15, 0.2) is 30.6 Å². The molecule has 194 valence electrons. The Balaban J connectivity index is 1.27. The monoisotopic (exact) mass is 504 g/mol. The lowest BCUT2D eigenvalue weighted by Gasteiger charge is -2.26. The van der Waals surface area contributed by atoms with E-state index in [2.05, 4.69) is 20.5 Å². The van der Waals surface area contributed by atoms with Gasteiger partial charge in [-0.15, -0.1) is 0 Å². The minimum Gasteiger partial charge on any atom is -0.379 e. The highest BCUT2D eigenvalue weighted by Gasteiger charge is 2.21. The standard InChI is InChI=1S/C25H32N10O2/c1-32-19-6-3-2-5-18(19)28-25(32)31-24-29-22(26-8-10-33-13-15-37-16-14-33)21-23(30-24)35(17-27-21)12-11-34-9-4-7-20(34)36/h2-3,5-6,17H,4,7-16H2,1H3,(H2,26,28,29,30,31). The molecule has 3 aromatic heterocycles. The lowest BCUT2D eigenvalue weighted by atomic mass is 10.3. The summed E-state index contributed by atoms with van der Waals surface area (Å²) in [5.41, 5.74) is 3.36. The molecule has 2 aliphatic heterocycles. The van der Waals surface area contributed by atoms with Gasteiger partial charge in [0.25, 0.3) is 0 Å². The number of rotatable bonds is 9. The summed E-state index contributed by atoms with van der Waals surface area (Å²) in [4.78, 5) is 35.3. The van der Waals surface area contributed by atoms with Crippen LogP contribution in [0.4, 0.5) is 17.7 Å². The first kappa shape index (κ1) is 23.6. The number of carbonyl (C=O) groups excluding carboxylic acids is 1. The van der Waals surface area contributed by atoms with E-state index in [0.29, 0.717) is 42.7 Å². The fraction of sp³-hybridized carbons (Fsp3) is 0.480. The molecule has 6 rings (SSSR count). The third-order valence-corrected chi connectivity index (χ3v) is 7.08. The molecule has 2 N–H and O–H groups in total. The van der Waals surface area contributed by atoms with Crippen LogP contribution < -0.4 is 10.6 Å². The maximum atomic E-state index is 12.1. The largest absolute Gasteiger partial charge is 0.379 e. The van der Waals surface area contributed by atoms with E-state index in [1.807, 2.05) is 45.3 Å². The van der Waals surface area contributed by atoms with Gasteiger partial charge in [-0.2, -0.15) is 9.97 Å². The van der Waals surface area contributed by atoms with Crippen LogP contribution >= 0.6 is 0 Å². The van der Waals surface area contributed by atoms with Crippen molar-refractivity contribution in [3.8, 4) is 0 Å². The summed E-state index contributed by atoms with van der Waals surface area (Å²) >= 11 is 0. The van der Waals surface area contributed by atoms with Crippen LogP contribution in [0.2, 0.25) is 0 Å². The number of carbonyl (C=O) groups is 1. The number of anilines is 3. The number of nitrogens with one attached hydrogen (secondary N) is 2. The molecule has 12 heteroatoms. The molecule has 0 radical (unpaired) electrons. The summed E-state index contributed by atoms with van der Waals surface area (Å²) < 4.78 is 9.45. The number of hydrogen-bond donors (Lipinski definition) is 2. The molecule has 0 spiro atoms. The number of amides is 1. The van der Waals surface area contributed by atoms with Crippen molar-refractivity contribution in [3.63, 3.8) is 0 Å². The number of nitrogens with zero attached hydrogens (tertiary/aromatic N) is 8. The number of morpholine rings is 1. The van der Waals surface area contributed by atoms with Gasteiger partial charge in [-0.05, 0) is 18.6 Å². The van der Waals surface area contributed by atoms with Gasteiger partial charge in [0.15, 0.2) is 17.0 Å². The summed E-state index contributed by atoms with van der Waals surface area (Å²) in [5, 5.41) is 6.79. The van der Waals surface area contributed by atoms with Crippen molar-refractivity contribution in [2.24, 2.45) is 7.05 Å². The van der Waals surface area contributed by atoms with Gasteiger partial charge in [-0.25, -0.2) is 9.97 Å². The van der Waals surface area contributed by atoms with Crippen molar-refractivity contribution in [3.05, 3.63) is 30.6 Å². The molecular weight excluding hydrogens is 472 g/mol. The van der Waals surface area contributed by atoms with E-state index in [1.165, 1.54) is 0 Å². The number of ether oxygens (including phenoxy) is 1. The van der Waals surface area contributed by atoms with Crippen LogP contribution in [-0.2, 0) is 23.1 Å². The Hall–Kier alpha value is -3.77. The van der Waals surface area contributed by atoms with Gasteiger partial charge in [0, 0.05) is 59.3 Å². The van der Waals surface area contributed by atoms with E-state index in [9.17, 15) is 4.79 Å². The van der Waals surface area contributed by atoms with E-state index >= 15 is 0 Å². The third-order valence-electron chi connectivity index (χ3n) is 7.08. The fourth-order valence-corrected chi connectivity index (χ4v) is 4.97. The molecular formula is C25H32N10O2. The molecule has 12 nitrogen and oxygen atoms in total. The van der Waals surface area contributed by atoms with E-state index in [-0.39, 0.29) is 5.91 Å². The van der Waals surface area contributed by atoms with Crippen molar-refractivity contribution in [2.75, 3.05) is 63.1 Å². The van der Waals surface area contributed by atoms with Crippen LogP contribution in [-0.4, -0.2) is 97.3 Å². The highest BCUT2D eigenvalue weighted by molar-refractivity contribution is 5.85. The minimum absolute atomic E-state index is 0.216. The van der Waals surface area contributed by atoms with Crippen molar-refractivity contribution in [1.82, 2.24) is 38.9 Å². The molecule has 2 fully saturated rings. The first-order valence-electron chi connectivity index (χ1n) is 12.9. The second kappa shape index (κ2) is 10.3. The van der Waals surface area contributed by atoms with Gasteiger partial charge in [0.05, 0.1) is 30.6 Å². The number of likely N-dealkylation sites (tertiary alicyclic amines) is 1. The Bertz CT molecular complexity index is 1410. The summed E-state index contributed by atoms with van der Waals surface area (Å²) in [6.45, 7) is 7.11. The number of hydrogen-bond acceptors (Lipinski definition) is 9. The Morgan fingerprint density at radius 1 is 1.03 bits per heavy atom. The average Bonchev–Trinajstić information content (AvgIpc) is 3.61. The summed E-state index contributed by atoms with van der Waals surface area (Å²) in [7, 11) is 1.97. The quantitative estimate of drug-likeness (QED) is 0.352. The minimum atomic E-state index is 0.216. The maximum Gasteiger partial charge on any atom is 0.233 e. The fourth-order valence-electron chi connectivity index (χ4n) is 4.97. The molecule has 2 aliphatic rings. The Labute approximate surface area is 214 Å². The molecule has 1 aromatic carbocycles. The van der Waals surface area contributed by atoms with Crippen molar-refractivity contribution < 1.29 is 9.53 Å². The van der Waals surface area contributed by atoms with Crippen LogP contribution in [0.25, 0.3) is 22.2 Å².